The zero-order chi connectivity index (χ0) is 22.2. The molecule has 9 heteroatoms. The molecule has 1 amide bonds. The van der Waals surface area contributed by atoms with Crippen LogP contribution in [0.25, 0.3) is 10.2 Å². The highest BCUT2D eigenvalue weighted by atomic mass is 32.1. The van der Waals surface area contributed by atoms with Crippen molar-refractivity contribution in [1.82, 2.24) is 9.97 Å². The number of ether oxygens (including phenoxy) is 1. The Bertz CT molecular complexity index is 1350. The number of anilines is 1. The van der Waals surface area contributed by atoms with Crippen molar-refractivity contribution in [3.63, 3.8) is 0 Å². The van der Waals surface area contributed by atoms with Crippen LogP contribution < -0.4 is 9.64 Å². The second-order valence-corrected chi connectivity index (χ2v) is 8.94. The number of thiazole rings is 1. The third kappa shape index (κ3) is 3.35. The lowest BCUT2D eigenvalue weighted by atomic mass is 9.96. The van der Waals surface area contributed by atoms with Crippen LogP contribution in [0.5, 0.6) is 5.75 Å². The molecule has 32 heavy (non-hydrogen) atoms. The van der Waals surface area contributed by atoms with Crippen LogP contribution >= 0.6 is 22.7 Å². The summed E-state index contributed by atoms with van der Waals surface area (Å²) in [5, 5.41) is 13.0. The molecule has 1 aromatic carbocycles. The zero-order valence-electron chi connectivity index (χ0n) is 16.9. The summed E-state index contributed by atoms with van der Waals surface area (Å²) in [4.78, 5) is 37.0. The van der Waals surface area contributed by atoms with Gasteiger partial charge in [-0.05, 0) is 54.3 Å². The molecule has 1 atom stereocenters. The summed E-state index contributed by atoms with van der Waals surface area (Å²) in [5.41, 5.74) is 1.40. The number of benzene rings is 1. The Labute approximate surface area is 191 Å². The van der Waals surface area contributed by atoms with E-state index in [1.807, 2.05) is 25.1 Å². The summed E-state index contributed by atoms with van der Waals surface area (Å²) in [6, 6.07) is 11.6. The molecule has 0 fully saturated rings. The summed E-state index contributed by atoms with van der Waals surface area (Å²) in [6.07, 6.45) is 3.18. The van der Waals surface area contributed by atoms with E-state index < -0.39 is 17.7 Å². The summed E-state index contributed by atoms with van der Waals surface area (Å²) in [7, 11) is 0. The molecule has 0 spiro atoms. The highest BCUT2D eigenvalue weighted by Crippen LogP contribution is 2.44. The molecule has 5 rings (SSSR count). The molecule has 1 aliphatic heterocycles. The van der Waals surface area contributed by atoms with Gasteiger partial charge in [0.05, 0.1) is 33.3 Å². The number of aromatic nitrogens is 2. The highest BCUT2D eigenvalue weighted by molar-refractivity contribution is 7.22. The van der Waals surface area contributed by atoms with Gasteiger partial charge >= 0.3 is 0 Å². The molecular weight excluding hydrogens is 446 g/mol. The van der Waals surface area contributed by atoms with Gasteiger partial charge in [0.25, 0.3) is 5.91 Å². The van der Waals surface area contributed by atoms with E-state index in [9.17, 15) is 14.7 Å². The van der Waals surface area contributed by atoms with Crippen LogP contribution in [0.2, 0.25) is 0 Å². The summed E-state index contributed by atoms with van der Waals surface area (Å²) in [5.74, 6) is -0.881. The summed E-state index contributed by atoms with van der Waals surface area (Å²) >= 11 is 2.56. The van der Waals surface area contributed by atoms with E-state index in [-0.39, 0.29) is 11.4 Å². The van der Waals surface area contributed by atoms with Crippen molar-refractivity contribution in [1.29, 1.82) is 0 Å². The maximum atomic E-state index is 13.3. The molecule has 0 bridgehead atoms. The normalized spacial score (nSPS) is 16.2. The number of pyridine rings is 1. The second-order valence-electron chi connectivity index (χ2n) is 6.99. The molecule has 7 nitrogen and oxygen atoms in total. The van der Waals surface area contributed by atoms with Gasteiger partial charge in [-0.1, -0.05) is 17.4 Å². The predicted molar refractivity (Wildman–Crippen MR) is 124 cm³/mol. The third-order valence-electron chi connectivity index (χ3n) is 5.09. The number of fused-ring (bicyclic) bond motifs is 1. The van der Waals surface area contributed by atoms with E-state index in [1.54, 1.807) is 42.0 Å². The van der Waals surface area contributed by atoms with E-state index in [1.165, 1.54) is 27.6 Å². The molecule has 1 N–H and O–H groups in total. The fourth-order valence-corrected chi connectivity index (χ4v) is 5.39. The van der Waals surface area contributed by atoms with Crippen molar-refractivity contribution >= 4 is 49.7 Å². The minimum Gasteiger partial charge on any atom is -0.503 e. The van der Waals surface area contributed by atoms with E-state index in [0.717, 1.165) is 4.70 Å². The number of hydrogen-bond acceptors (Lipinski definition) is 8. The van der Waals surface area contributed by atoms with Gasteiger partial charge in [0, 0.05) is 12.4 Å². The minimum atomic E-state index is -0.813. The number of aliphatic hydroxyl groups excluding tert-OH is 1. The summed E-state index contributed by atoms with van der Waals surface area (Å²) in [6.45, 7) is 2.45. The molecular formula is C23H17N3O4S2. The van der Waals surface area contributed by atoms with Crippen LogP contribution in [-0.2, 0) is 4.79 Å². The quantitative estimate of drug-likeness (QED) is 0.408. The zero-order valence-corrected chi connectivity index (χ0v) is 18.5. The van der Waals surface area contributed by atoms with E-state index in [4.69, 9.17) is 4.74 Å². The Morgan fingerprint density at radius 2 is 2.03 bits per heavy atom. The lowest BCUT2D eigenvalue weighted by Crippen LogP contribution is -2.30. The third-order valence-corrected chi connectivity index (χ3v) is 6.97. The van der Waals surface area contributed by atoms with Gasteiger partial charge in [-0.15, -0.1) is 11.3 Å². The number of Topliss-reactive ketones (excluding diaryl/α,β-unsaturated/α-hetero) is 1. The standard InChI is InChI=1S/C23H17N3O4S2/c1-2-30-14-5-6-15-17(12-14)32-23(25-15)26-19(13-7-9-24-10-8-13)18(21(28)22(26)29)20(27)16-4-3-11-31-16/h3-12,19,28H,2H2,1H3. The molecule has 4 heterocycles. The largest absolute Gasteiger partial charge is 0.503 e. The average molecular weight is 464 g/mol. The maximum absolute atomic E-state index is 13.3. The van der Waals surface area contributed by atoms with Gasteiger partial charge in [-0.25, -0.2) is 4.98 Å². The van der Waals surface area contributed by atoms with Crippen LogP contribution in [0.1, 0.15) is 28.2 Å². The molecule has 0 aliphatic carbocycles. The van der Waals surface area contributed by atoms with Crippen molar-refractivity contribution < 1.29 is 19.4 Å². The molecule has 1 aliphatic rings. The maximum Gasteiger partial charge on any atom is 0.296 e. The SMILES string of the molecule is CCOc1ccc2nc(N3C(=O)C(O)=C(C(=O)c4cccs4)C3c3ccncc3)sc2c1. The van der Waals surface area contributed by atoms with Crippen molar-refractivity contribution in [2.75, 3.05) is 11.5 Å². The Hall–Kier alpha value is -3.56. The van der Waals surface area contributed by atoms with Crippen LogP contribution in [0, 0.1) is 0 Å². The van der Waals surface area contributed by atoms with Crippen LogP contribution in [0.3, 0.4) is 0 Å². The fourth-order valence-electron chi connectivity index (χ4n) is 3.69. The number of aliphatic hydroxyl groups is 1. The number of nitrogens with zero attached hydrogens (tertiary/aromatic N) is 3. The Kier molecular flexibility index (Phi) is 5.20. The fraction of sp³-hybridized carbons (Fsp3) is 0.130. The van der Waals surface area contributed by atoms with Crippen molar-refractivity contribution in [3.05, 3.63) is 82.0 Å². The minimum absolute atomic E-state index is 0.0397. The number of amides is 1. The van der Waals surface area contributed by atoms with Crippen molar-refractivity contribution in [2.45, 2.75) is 13.0 Å². The Balaban J connectivity index is 1.64. The van der Waals surface area contributed by atoms with E-state index >= 15 is 0 Å². The number of carbonyl (C=O) groups excluding carboxylic acids is 2. The van der Waals surface area contributed by atoms with Gasteiger partial charge in [0.1, 0.15) is 5.75 Å². The number of rotatable bonds is 6. The Morgan fingerprint density at radius 3 is 2.75 bits per heavy atom. The smallest absolute Gasteiger partial charge is 0.296 e. The van der Waals surface area contributed by atoms with Crippen molar-refractivity contribution in [2.24, 2.45) is 0 Å². The van der Waals surface area contributed by atoms with Crippen LogP contribution in [0.4, 0.5) is 5.13 Å². The average Bonchev–Trinajstić information content (AvgIpc) is 3.53. The molecule has 0 saturated carbocycles. The Morgan fingerprint density at radius 1 is 1.22 bits per heavy atom. The van der Waals surface area contributed by atoms with Gasteiger partial charge in [0.2, 0.25) is 5.78 Å². The van der Waals surface area contributed by atoms with Gasteiger partial charge in [0.15, 0.2) is 10.9 Å². The summed E-state index contributed by atoms with van der Waals surface area (Å²) < 4.78 is 6.40. The lowest BCUT2D eigenvalue weighted by molar-refractivity contribution is -0.117. The highest BCUT2D eigenvalue weighted by Gasteiger charge is 2.46. The van der Waals surface area contributed by atoms with Crippen LogP contribution in [-0.4, -0.2) is 33.4 Å². The molecule has 160 valence electrons. The molecule has 0 radical (unpaired) electrons. The molecule has 3 aromatic heterocycles. The lowest BCUT2D eigenvalue weighted by Gasteiger charge is -2.24. The van der Waals surface area contributed by atoms with Crippen molar-refractivity contribution in [3.8, 4) is 5.75 Å². The van der Waals surface area contributed by atoms with Crippen LogP contribution in [0.15, 0.2) is 71.6 Å². The first-order valence-corrected chi connectivity index (χ1v) is 11.6. The first-order valence-electron chi connectivity index (χ1n) is 9.86. The second kappa shape index (κ2) is 8.18. The molecule has 1 unspecified atom stereocenters. The number of ketones is 1. The van der Waals surface area contributed by atoms with Gasteiger partial charge in [-0.2, -0.15) is 0 Å². The first-order chi connectivity index (χ1) is 15.6. The number of carbonyl (C=O) groups is 2. The van der Waals surface area contributed by atoms with Gasteiger partial charge < -0.3 is 9.84 Å². The first kappa shape index (κ1) is 20.3. The van der Waals surface area contributed by atoms with E-state index in [0.29, 0.717) is 33.4 Å². The topological polar surface area (TPSA) is 92.6 Å². The monoisotopic (exact) mass is 463 g/mol. The molecule has 4 aromatic rings. The van der Waals surface area contributed by atoms with E-state index in [2.05, 4.69) is 9.97 Å². The molecule has 0 saturated heterocycles. The predicted octanol–water partition coefficient (Wildman–Crippen LogP) is 4.93. The number of thiophene rings is 1. The van der Waals surface area contributed by atoms with Gasteiger partial charge in [-0.3, -0.25) is 19.5 Å². The number of hydrogen-bond donors (Lipinski definition) is 1.